The van der Waals surface area contributed by atoms with Crippen LogP contribution in [0.3, 0.4) is 0 Å². The quantitative estimate of drug-likeness (QED) is 0.792. The molecule has 0 unspecified atom stereocenters. The third kappa shape index (κ3) is 4.66. The Balaban J connectivity index is 1.91. The monoisotopic (exact) mass is 391 g/mol. The number of hydrogen-bond donors (Lipinski definition) is 1. The molecule has 1 N–H and O–H groups in total. The summed E-state index contributed by atoms with van der Waals surface area (Å²) in [6.45, 7) is -0.563. The van der Waals surface area contributed by atoms with Crippen molar-refractivity contribution in [1.82, 2.24) is 5.32 Å². The fourth-order valence-electron chi connectivity index (χ4n) is 1.89. The maximum Gasteiger partial charge on any atom is 0.338 e. The van der Waals surface area contributed by atoms with Gasteiger partial charge in [-0.05, 0) is 30.3 Å². The summed E-state index contributed by atoms with van der Waals surface area (Å²) in [6.07, 6.45) is 0. The number of carbonyl (C=O) groups is 3. The number of para-hydroxylation sites is 1. The van der Waals surface area contributed by atoms with Gasteiger partial charge in [0.2, 0.25) is 0 Å². The number of benzene rings is 2. The van der Waals surface area contributed by atoms with Gasteiger partial charge < -0.3 is 9.47 Å². The number of rotatable bonds is 5. The molecular weight excluding hydrogens is 378 g/mol. The van der Waals surface area contributed by atoms with E-state index in [4.69, 9.17) is 9.47 Å². The highest BCUT2D eigenvalue weighted by Crippen LogP contribution is 2.16. The van der Waals surface area contributed by atoms with Crippen molar-refractivity contribution in [3.05, 3.63) is 64.1 Å². The van der Waals surface area contributed by atoms with Gasteiger partial charge in [-0.3, -0.25) is 14.9 Å². The molecule has 2 aromatic rings. The van der Waals surface area contributed by atoms with Gasteiger partial charge in [0.05, 0.1) is 18.2 Å². The SMILES string of the molecule is COc1ccccc1C(=O)NC(=O)COC(=O)c1cccc(Br)c1. The van der Waals surface area contributed by atoms with Crippen LogP contribution in [0.1, 0.15) is 20.7 Å². The van der Waals surface area contributed by atoms with Crippen LogP contribution in [0.5, 0.6) is 5.75 Å². The summed E-state index contributed by atoms with van der Waals surface area (Å²) in [7, 11) is 1.42. The summed E-state index contributed by atoms with van der Waals surface area (Å²) in [5.41, 5.74) is 0.514. The molecule has 7 heteroatoms. The molecule has 6 nitrogen and oxygen atoms in total. The number of halogens is 1. The first-order valence-electron chi connectivity index (χ1n) is 6.91. The van der Waals surface area contributed by atoms with E-state index in [-0.39, 0.29) is 5.56 Å². The first-order chi connectivity index (χ1) is 11.5. The number of hydrogen-bond acceptors (Lipinski definition) is 5. The lowest BCUT2D eigenvalue weighted by molar-refractivity contribution is -0.123. The van der Waals surface area contributed by atoms with Crippen LogP contribution >= 0.6 is 15.9 Å². The van der Waals surface area contributed by atoms with Crippen molar-refractivity contribution < 1.29 is 23.9 Å². The third-order valence-corrected chi connectivity index (χ3v) is 3.49. The summed E-state index contributed by atoms with van der Waals surface area (Å²) in [5, 5.41) is 2.14. The molecule has 0 aliphatic heterocycles. The number of esters is 1. The van der Waals surface area contributed by atoms with E-state index < -0.39 is 24.4 Å². The second-order valence-corrected chi connectivity index (χ2v) is 5.58. The molecule has 2 amide bonds. The van der Waals surface area contributed by atoms with Crippen molar-refractivity contribution in [2.45, 2.75) is 0 Å². The molecule has 124 valence electrons. The van der Waals surface area contributed by atoms with Crippen LogP contribution in [0, 0.1) is 0 Å². The Hall–Kier alpha value is -2.67. The maximum atomic E-state index is 12.0. The van der Waals surface area contributed by atoms with E-state index in [0.717, 1.165) is 0 Å². The summed E-state index contributed by atoms with van der Waals surface area (Å²) in [6, 6.07) is 13.0. The number of carbonyl (C=O) groups excluding carboxylic acids is 3. The number of ether oxygens (including phenoxy) is 2. The molecular formula is C17H14BrNO5. The molecule has 2 aromatic carbocycles. The Morgan fingerprint density at radius 1 is 1.08 bits per heavy atom. The lowest BCUT2D eigenvalue weighted by Crippen LogP contribution is -2.34. The molecule has 24 heavy (non-hydrogen) atoms. The highest BCUT2D eigenvalue weighted by molar-refractivity contribution is 9.10. The van der Waals surface area contributed by atoms with Gasteiger partial charge in [-0.25, -0.2) is 4.79 Å². The minimum absolute atomic E-state index is 0.215. The molecule has 0 spiro atoms. The molecule has 0 aromatic heterocycles. The van der Waals surface area contributed by atoms with Gasteiger partial charge >= 0.3 is 5.97 Å². The van der Waals surface area contributed by atoms with Gasteiger partial charge in [-0.15, -0.1) is 0 Å². The predicted octanol–water partition coefficient (Wildman–Crippen LogP) is 2.57. The largest absolute Gasteiger partial charge is 0.496 e. The minimum atomic E-state index is -0.728. The van der Waals surface area contributed by atoms with Gasteiger partial charge in [-0.2, -0.15) is 0 Å². The average molecular weight is 392 g/mol. The standard InChI is InChI=1S/C17H14BrNO5/c1-23-14-8-3-2-7-13(14)16(21)19-15(20)10-24-17(22)11-5-4-6-12(18)9-11/h2-9H,10H2,1H3,(H,19,20,21). The Bertz CT molecular complexity index is 775. The Labute approximate surface area is 146 Å². The zero-order chi connectivity index (χ0) is 17.5. The molecule has 0 saturated carbocycles. The Kier molecular flexibility index (Phi) is 6.08. The first kappa shape index (κ1) is 17.7. The Morgan fingerprint density at radius 2 is 1.83 bits per heavy atom. The van der Waals surface area contributed by atoms with Gasteiger partial charge in [0, 0.05) is 4.47 Å². The highest BCUT2D eigenvalue weighted by atomic mass is 79.9. The zero-order valence-corrected chi connectivity index (χ0v) is 14.3. The zero-order valence-electron chi connectivity index (χ0n) is 12.7. The smallest absolute Gasteiger partial charge is 0.338 e. The van der Waals surface area contributed by atoms with Crippen molar-refractivity contribution >= 4 is 33.7 Å². The number of methoxy groups -OCH3 is 1. The van der Waals surface area contributed by atoms with Crippen molar-refractivity contribution in [2.75, 3.05) is 13.7 Å². The van der Waals surface area contributed by atoms with Crippen LogP contribution in [0.15, 0.2) is 53.0 Å². The van der Waals surface area contributed by atoms with Crippen molar-refractivity contribution in [3.63, 3.8) is 0 Å². The predicted molar refractivity (Wildman–Crippen MR) is 89.9 cm³/mol. The highest BCUT2D eigenvalue weighted by Gasteiger charge is 2.16. The maximum absolute atomic E-state index is 12.0. The lowest BCUT2D eigenvalue weighted by atomic mass is 10.2. The normalized spacial score (nSPS) is 9.92. The summed E-state index contributed by atoms with van der Waals surface area (Å²) >= 11 is 3.24. The van der Waals surface area contributed by atoms with E-state index in [1.807, 2.05) is 0 Å². The molecule has 0 fully saturated rings. The fraction of sp³-hybridized carbons (Fsp3) is 0.118. The first-order valence-corrected chi connectivity index (χ1v) is 7.70. The van der Waals surface area contributed by atoms with E-state index in [1.165, 1.54) is 13.2 Å². The molecule has 0 aliphatic carbocycles. The number of nitrogens with one attached hydrogen (secondary N) is 1. The molecule has 0 bridgehead atoms. The molecule has 0 heterocycles. The van der Waals surface area contributed by atoms with E-state index in [0.29, 0.717) is 15.8 Å². The van der Waals surface area contributed by atoms with Crippen molar-refractivity contribution in [3.8, 4) is 5.75 Å². The third-order valence-electron chi connectivity index (χ3n) is 3.00. The second kappa shape index (κ2) is 8.26. The van der Waals surface area contributed by atoms with Gasteiger partial charge in [0.15, 0.2) is 6.61 Å². The summed E-state index contributed by atoms with van der Waals surface area (Å²) in [5.74, 6) is -1.67. The number of amides is 2. The average Bonchev–Trinajstić information content (AvgIpc) is 2.59. The van der Waals surface area contributed by atoms with Crippen LogP contribution in [0.4, 0.5) is 0 Å². The van der Waals surface area contributed by atoms with Crippen molar-refractivity contribution in [2.24, 2.45) is 0 Å². The molecule has 0 atom stereocenters. The van der Waals surface area contributed by atoms with E-state index in [9.17, 15) is 14.4 Å². The fourth-order valence-corrected chi connectivity index (χ4v) is 2.29. The van der Waals surface area contributed by atoms with Crippen LogP contribution in [-0.2, 0) is 9.53 Å². The number of imide groups is 1. The summed E-state index contributed by atoms with van der Waals surface area (Å²) < 4.78 is 10.7. The molecule has 2 rings (SSSR count). The topological polar surface area (TPSA) is 81.7 Å². The molecule has 0 aliphatic rings. The van der Waals surface area contributed by atoms with Crippen LogP contribution in [0.25, 0.3) is 0 Å². The van der Waals surface area contributed by atoms with Gasteiger partial charge in [0.1, 0.15) is 5.75 Å². The van der Waals surface area contributed by atoms with Crippen molar-refractivity contribution in [1.29, 1.82) is 0 Å². The Morgan fingerprint density at radius 3 is 2.54 bits per heavy atom. The van der Waals surface area contributed by atoms with E-state index >= 15 is 0 Å². The van der Waals surface area contributed by atoms with Crippen LogP contribution < -0.4 is 10.1 Å². The van der Waals surface area contributed by atoms with Gasteiger partial charge in [0.25, 0.3) is 11.8 Å². The second-order valence-electron chi connectivity index (χ2n) is 4.66. The van der Waals surface area contributed by atoms with Crippen LogP contribution in [0.2, 0.25) is 0 Å². The molecule has 0 saturated heterocycles. The van der Waals surface area contributed by atoms with Crippen LogP contribution in [-0.4, -0.2) is 31.5 Å². The van der Waals surface area contributed by atoms with E-state index in [1.54, 1.807) is 42.5 Å². The van der Waals surface area contributed by atoms with E-state index in [2.05, 4.69) is 21.2 Å². The van der Waals surface area contributed by atoms with Gasteiger partial charge in [-0.1, -0.05) is 34.1 Å². The minimum Gasteiger partial charge on any atom is -0.496 e. The summed E-state index contributed by atoms with van der Waals surface area (Å²) in [4.78, 5) is 35.6. The lowest BCUT2D eigenvalue weighted by Gasteiger charge is -2.08. The molecule has 0 radical (unpaired) electrons.